The highest BCUT2D eigenvalue weighted by molar-refractivity contribution is 7.89. The summed E-state index contributed by atoms with van der Waals surface area (Å²) >= 11 is 0. The van der Waals surface area contributed by atoms with Crippen molar-refractivity contribution in [3.63, 3.8) is 0 Å². The van der Waals surface area contributed by atoms with Crippen molar-refractivity contribution in [1.29, 1.82) is 0 Å². The summed E-state index contributed by atoms with van der Waals surface area (Å²) in [6, 6.07) is 16.8. The predicted molar refractivity (Wildman–Crippen MR) is 102 cm³/mol. The lowest BCUT2D eigenvalue weighted by Crippen LogP contribution is -2.43. The Kier molecular flexibility index (Phi) is 5.19. The van der Waals surface area contributed by atoms with Crippen molar-refractivity contribution < 1.29 is 17.9 Å². The van der Waals surface area contributed by atoms with E-state index in [0.717, 1.165) is 13.0 Å². The van der Waals surface area contributed by atoms with Gasteiger partial charge in [0.2, 0.25) is 10.0 Å². The van der Waals surface area contributed by atoms with E-state index < -0.39 is 10.0 Å². The highest BCUT2D eigenvalue weighted by Crippen LogP contribution is 2.30. The molecule has 6 nitrogen and oxygen atoms in total. The van der Waals surface area contributed by atoms with E-state index in [1.54, 1.807) is 31.4 Å². The first-order valence-corrected chi connectivity index (χ1v) is 10.6. The summed E-state index contributed by atoms with van der Waals surface area (Å²) in [4.78, 5) is 2.59. The van der Waals surface area contributed by atoms with Gasteiger partial charge < -0.3 is 9.47 Å². The minimum Gasteiger partial charge on any atom is -0.497 e. The second kappa shape index (κ2) is 7.59. The normalized spacial score (nSPS) is 25.9. The SMILES string of the molecule is COc1ccc(S(=O)(=O)N[C@@H]2C[C@H]3CO[C@@H](c4ccccc4)CN3C2)cc1. The number of hydrogen-bond acceptors (Lipinski definition) is 5. The average molecular weight is 388 g/mol. The Labute approximate surface area is 160 Å². The van der Waals surface area contributed by atoms with Gasteiger partial charge in [-0.3, -0.25) is 4.90 Å². The molecule has 1 N–H and O–H groups in total. The maximum absolute atomic E-state index is 12.7. The molecule has 27 heavy (non-hydrogen) atoms. The smallest absolute Gasteiger partial charge is 0.240 e. The predicted octanol–water partition coefficient (Wildman–Crippen LogP) is 2.19. The van der Waals surface area contributed by atoms with Gasteiger partial charge in [-0.05, 0) is 36.2 Å². The monoisotopic (exact) mass is 388 g/mol. The average Bonchev–Trinajstić information content (AvgIpc) is 3.09. The number of nitrogens with one attached hydrogen (secondary N) is 1. The number of morpholine rings is 1. The van der Waals surface area contributed by atoms with E-state index >= 15 is 0 Å². The van der Waals surface area contributed by atoms with Crippen LogP contribution in [0.25, 0.3) is 0 Å². The molecule has 2 aliphatic heterocycles. The molecular weight excluding hydrogens is 364 g/mol. The van der Waals surface area contributed by atoms with E-state index in [0.29, 0.717) is 18.9 Å². The summed E-state index contributed by atoms with van der Waals surface area (Å²) in [6.07, 6.45) is 0.802. The van der Waals surface area contributed by atoms with Crippen LogP contribution < -0.4 is 9.46 Å². The fourth-order valence-electron chi connectivity index (χ4n) is 3.87. The number of sulfonamides is 1. The Hall–Kier alpha value is -1.93. The molecule has 0 saturated carbocycles. The maximum atomic E-state index is 12.7. The molecule has 0 unspecified atom stereocenters. The van der Waals surface area contributed by atoms with Crippen LogP contribution in [-0.2, 0) is 14.8 Å². The van der Waals surface area contributed by atoms with Crippen LogP contribution in [-0.4, -0.2) is 52.2 Å². The van der Waals surface area contributed by atoms with Gasteiger partial charge in [0.25, 0.3) is 0 Å². The minimum absolute atomic E-state index is 0.0411. The number of rotatable bonds is 5. The first-order valence-electron chi connectivity index (χ1n) is 9.12. The van der Waals surface area contributed by atoms with Crippen LogP contribution in [0.5, 0.6) is 5.75 Å². The topological polar surface area (TPSA) is 67.9 Å². The molecule has 7 heteroatoms. The molecule has 2 aromatic rings. The molecule has 0 bridgehead atoms. The van der Waals surface area contributed by atoms with Crippen molar-refractivity contribution in [2.24, 2.45) is 0 Å². The van der Waals surface area contributed by atoms with E-state index in [-0.39, 0.29) is 23.1 Å². The van der Waals surface area contributed by atoms with Crippen molar-refractivity contribution >= 4 is 10.0 Å². The number of methoxy groups -OCH3 is 1. The first-order chi connectivity index (χ1) is 13.0. The maximum Gasteiger partial charge on any atom is 0.240 e. The van der Waals surface area contributed by atoms with Crippen LogP contribution in [0.15, 0.2) is 59.5 Å². The van der Waals surface area contributed by atoms with Crippen molar-refractivity contribution in [1.82, 2.24) is 9.62 Å². The fourth-order valence-corrected chi connectivity index (χ4v) is 5.11. The standard InChI is InChI=1S/C20H24N2O4S/c1-25-18-7-9-19(10-8-18)27(23,24)21-16-11-17-14-26-20(13-22(17)12-16)15-5-3-2-4-6-15/h2-10,16-17,20-21H,11-14H2,1H3/t16-,17+,20-/m1/s1. The third kappa shape index (κ3) is 4.01. The summed E-state index contributed by atoms with van der Waals surface area (Å²) in [7, 11) is -1.99. The van der Waals surface area contributed by atoms with Gasteiger partial charge in [-0.25, -0.2) is 13.1 Å². The van der Waals surface area contributed by atoms with Gasteiger partial charge in [-0.2, -0.15) is 0 Å². The summed E-state index contributed by atoms with van der Waals surface area (Å²) < 4.78 is 39.3. The zero-order chi connectivity index (χ0) is 18.9. The van der Waals surface area contributed by atoms with Crippen molar-refractivity contribution in [3.8, 4) is 5.75 Å². The molecule has 0 radical (unpaired) electrons. The molecule has 2 aliphatic rings. The molecule has 0 amide bonds. The molecule has 2 fully saturated rings. The van der Waals surface area contributed by atoms with E-state index in [1.165, 1.54) is 5.56 Å². The molecule has 3 atom stereocenters. The molecule has 2 aromatic carbocycles. The molecule has 0 aliphatic carbocycles. The van der Waals surface area contributed by atoms with Crippen LogP contribution in [0.3, 0.4) is 0 Å². The van der Waals surface area contributed by atoms with Gasteiger partial charge in [-0.1, -0.05) is 30.3 Å². The highest BCUT2D eigenvalue weighted by Gasteiger charge is 2.39. The van der Waals surface area contributed by atoms with E-state index in [1.807, 2.05) is 18.2 Å². The van der Waals surface area contributed by atoms with Crippen LogP contribution >= 0.6 is 0 Å². The first kappa shape index (κ1) is 18.4. The number of ether oxygens (including phenoxy) is 2. The van der Waals surface area contributed by atoms with E-state index in [2.05, 4.69) is 21.8 Å². The summed E-state index contributed by atoms with van der Waals surface area (Å²) in [5, 5.41) is 0. The number of benzene rings is 2. The Balaban J connectivity index is 1.40. The van der Waals surface area contributed by atoms with Crippen LogP contribution in [0.1, 0.15) is 18.1 Å². The minimum atomic E-state index is -3.55. The second-order valence-corrected chi connectivity index (χ2v) is 8.78. The lowest BCUT2D eigenvalue weighted by Gasteiger charge is -2.35. The molecule has 0 spiro atoms. The van der Waals surface area contributed by atoms with Crippen molar-refractivity contribution in [3.05, 3.63) is 60.2 Å². The Bertz CT molecular complexity index is 871. The molecule has 144 valence electrons. The number of fused-ring (bicyclic) bond motifs is 1. The summed E-state index contributed by atoms with van der Waals surface area (Å²) in [5.74, 6) is 0.635. The zero-order valence-electron chi connectivity index (χ0n) is 15.2. The fraction of sp³-hybridized carbons (Fsp3) is 0.400. The van der Waals surface area contributed by atoms with Gasteiger partial charge >= 0.3 is 0 Å². The van der Waals surface area contributed by atoms with Crippen molar-refractivity contribution in [2.45, 2.75) is 29.5 Å². The quantitative estimate of drug-likeness (QED) is 0.850. The van der Waals surface area contributed by atoms with E-state index in [9.17, 15) is 8.42 Å². The Morgan fingerprint density at radius 1 is 1.07 bits per heavy atom. The molecule has 0 aromatic heterocycles. The Morgan fingerprint density at radius 3 is 2.52 bits per heavy atom. The largest absolute Gasteiger partial charge is 0.497 e. The summed E-state index contributed by atoms with van der Waals surface area (Å²) in [6.45, 7) is 2.11. The lowest BCUT2D eigenvalue weighted by molar-refractivity contribution is -0.0502. The highest BCUT2D eigenvalue weighted by atomic mass is 32.2. The van der Waals surface area contributed by atoms with Crippen LogP contribution in [0, 0.1) is 0 Å². The van der Waals surface area contributed by atoms with Gasteiger partial charge in [-0.15, -0.1) is 0 Å². The lowest BCUT2D eigenvalue weighted by atomic mass is 10.1. The number of nitrogens with zero attached hydrogens (tertiary/aromatic N) is 1. The summed E-state index contributed by atoms with van der Waals surface area (Å²) in [5.41, 5.74) is 1.17. The molecule has 4 rings (SSSR count). The van der Waals surface area contributed by atoms with Gasteiger partial charge in [0, 0.05) is 25.2 Å². The van der Waals surface area contributed by atoms with Crippen molar-refractivity contribution in [2.75, 3.05) is 26.8 Å². The third-order valence-corrected chi connectivity index (χ3v) is 6.82. The molecular formula is C20H24N2O4S. The van der Waals surface area contributed by atoms with E-state index in [4.69, 9.17) is 9.47 Å². The van der Waals surface area contributed by atoms with Gasteiger partial charge in [0.1, 0.15) is 5.75 Å². The zero-order valence-corrected chi connectivity index (χ0v) is 16.1. The second-order valence-electron chi connectivity index (χ2n) is 7.07. The number of hydrogen-bond donors (Lipinski definition) is 1. The van der Waals surface area contributed by atoms with Gasteiger partial charge in [0.15, 0.2) is 0 Å². The van der Waals surface area contributed by atoms with Crippen LogP contribution in [0.4, 0.5) is 0 Å². The molecule has 2 saturated heterocycles. The Morgan fingerprint density at radius 2 is 1.81 bits per heavy atom. The molecule has 2 heterocycles. The van der Waals surface area contributed by atoms with Crippen LogP contribution in [0.2, 0.25) is 0 Å². The third-order valence-electron chi connectivity index (χ3n) is 5.28. The van der Waals surface area contributed by atoms with Gasteiger partial charge in [0.05, 0.1) is 24.7 Å².